The highest BCUT2D eigenvalue weighted by atomic mass is 35.5. The van der Waals surface area contributed by atoms with Crippen molar-refractivity contribution in [3.63, 3.8) is 0 Å². The number of thioether (sulfide) groups is 1. The quantitative estimate of drug-likeness (QED) is 0.663. The van der Waals surface area contributed by atoms with Crippen LogP contribution in [0.15, 0.2) is 12.1 Å². The summed E-state index contributed by atoms with van der Waals surface area (Å²) in [5.74, 6) is 0.359. The first-order valence-electron chi connectivity index (χ1n) is 3.78. The zero-order chi connectivity index (χ0) is 9.42. The summed E-state index contributed by atoms with van der Waals surface area (Å²) in [7, 11) is 0. The van der Waals surface area contributed by atoms with Crippen LogP contribution in [-0.4, -0.2) is 11.5 Å². The number of benzene rings is 1. The molecule has 13 heavy (non-hydrogen) atoms. The zero-order valence-electron chi connectivity index (χ0n) is 6.64. The van der Waals surface area contributed by atoms with Crippen molar-refractivity contribution >= 4 is 29.1 Å². The number of hydrogen-bond donors (Lipinski definition) is 0. The molecule has 0 fully saturated rings. The van der Waals surface area contributed by atoms with E-state index in [1.54, 1.807) is 0 Å². The van der Waals surface area contributed by atoms with E-state index in [-0.39, 0.29) is 11.3 Å². The molecule has 0 saturated heterocycles. The van der Waals surface area contributed by atoms with Gasteiger partial charge in [0.1, 0.15) is 5.82 Å². The summed E-state index contributed by atoms with van der Waals surface area (Å²) in [6, 6.07) is 2.74. The summed E-state index contributed by atoms with van der Waals surface area (Å²) in [4.78, 5) is 11.3. The lowest BCUT2D eigenvalue weighted by Gasteiger charge is -2.15. The van der Waals surface area contributed by atoms with Crippen molar-refractivity contribution in [2.45, 2.75) is 5.75 Å². The predicted octanol–water partition coefficient (Wildman–Crippen LogP) is 2.91. The van der Waals surface area contributed by atoms with Crippen LogP contribution in [0.4, 0.5) is 4.39 Å². The fourth-order valence-corrected chi connectivity index (χ4v) is 2.59. The van der Waals surface area contributed by atoms with Gasteiger partial charge in [0.2, 0.25) is 0 Å². The summed E-state index contributed by atoms with van der Waals surface area (Å²) in [5, 5.41) is 0.483. The molecular formula is C9H6ClFOS. The van der Waals surface area contributed by atoms with Crippen molar-refractivity contribution in [2.24, 2.45) is 0 Å². The first-order valence-corrected chi connectivity index (χ1v) is 5.31. The molecule has 0 saturated carbocycles. The van der Waals surface area contributed by atoms with Crippen LogP contribution in [0.25, 0.3) is 0 Å². The van der Waals surface area contributed by atoms with Gasteiger partial charge in [-0.25, -0.2) is 4.39 Å². The van der Waals surface area contributed by atoms with Gasteiger partial charge >= 0.3 is 0 Å². The third-order valence-corrected chi connectivity index (χ3v) is 3.28. The fourth-order valence-electron chi connectivity index (χ4n) is 1.35. The van der Waals surface area contributed by atoms with Gasteiger partial charge in [-0.3, -0.25) is 4.79 Å². The number of halogens is 2. The zero-order valence-corrected chi connectivity index (χ0v) is 8.21. The third-order valence-electron chi connectivity index (χ3n) is 1.96. The molecule has 1 aromatic rings. The van der Waals surface area contributed by atoms with Gasteiger partial charge in [0.15, 0.2) is 5.78 Å². The van der Waals surface area contributed by atoms with Gasteiger partial charge in [-0.05, 0) is 17.7 Å². The van der Waals surface area contributed by atoms with Crippen LogP contribution in [0.2, 0.25) is 5.02 Å². The number of Topliss-reactive ketones (excluding diaryl/α,β-unsaturated/α-hetero) is 1. The number of rotatable bonds is 0. The second-order valence-electron chi connectivity index (χ2n) is 2.80. The summed E-state index contributed by atoms with van der Waals surface area (Å²) in [6.07, 6.45) is 0. The molecule has 1 nitrogen and oxygen atoms in total. The highest BCUT2D eigenvalue weighted by molar-refractivity contribution is 7.99. The molecule has 0 atom stereocenters. The Morgan fingerprint density at radius 3 is 2.85 bits per heavy atom. The van der Waals surface area contributed by atoms with Gasteiger partial charge in [-0.1, -0.05) is 11.6 Å². The Bertz CT molecular complexity index is 378. The number of fused-ring (bicyclic) bond motifs is 1. The Morgan fingerprint density at radius 2 is 2.15 bits per heavy atom. The Morgan fingerprint density at radius 1 is 1.38 bits per heavy atom. The van der Waals surface area contributed by atoms with Crippen LogP contribution in [0.3, 0.4) is 0 Å². The first kappa shape index (κ1) is 9.03. The molecule has 1 heterocycles. The van der Waals surface area contributed by atoms with Crippen LogP contribution < -0.4 is 0 Å². The molecule has 0 unspecified atom stereocenters. The van der Waals surface area contributed by atoms with Crippen LogP contribution in [0.1, 0.15) is 15.9 Å². The molecule has 0 N–H and O–H groups in total. The third kappa shape index (κ3) is 1.46. The van der Waals surface area contributed by atoms with Crippen molar-refractivity contribution in [3.8, 4) is 0 Å². The van der Waals surface area contributed by atoms with Gasteiger partial charge in [0.05, 0.1) is 11.3 Å². The maximum atomic E-state index is 13.2. The van der Waals surface area contributed by atoms with E-state index in [0.717, 1.165) is 0 Å². The lowest BCUT2D eigenvalue weighted by molar-refractivity contribution is 0.101. The van der Waals surface area contributed by atoms with Crippen molar-refractivity contribution in [3.05, 3.63) is 34.1 Å². The molecule has 68 valence electrons. The number of carbonyl (C=O) groups excluding carboxylic acids is 1. The summed E-state index contributed by atoms with van der Waals surface area (Å²) >= 11 is 7.32. The molecule has 2 rings (SSSR count). The lowest BCUT2D eigenvalue weighted by Crippen LogP contribution is -2.14. The fraction of sp³-hybridized carbons (Fsp3) is 0.222. The normalized spacial score (nSPS) is 15.7. The Balaban J connectivity index is 2.67. The smallest absolute Gasteiger partial charge is 0.176 e. The highest BCUT2D eigenvalue weighted by Crippen LogP contribution is 2.31. The van der Waals surface area contributed by atoms with Crippen LogP contribution >= 0.6 is 23.4 Å². The Hall–Kier alpha value is -0.540. The van der Waals surface area contributed by atoms with E-state index in [1.165, 1.54) is 23.9 Å². The number of ketones is 1. The topological polar surface area (TPSA) is 17.1 Å². The SMILES string of the molecule is O=C1CSCc2c(Cl)ccc(F)c21. The maximum Gasteiger partial charge on any atom is 0.176 e. The van der Waals surface area contributed by atoms with Crippen LogP contribution in [0, 0.1) is 5.82 Å². The minimum Gasteiger partial charge on any atom is -0.293 e. The molecule has 1 aliphatic rings. The summed E-state index contributed by atoms with van der Waals surface area (Å²) in [6.45, 7) is 0. The molecule has 0 radical (unpaired) electrons. The van der Waals surface area contributed by atoms with E-state index >= 15 is 0 Å². The Labute approximate surface area is 84.3 Å². The second-order valence-corrected chi connectivity index (χ2v) is 4.19. The van der Waals surface area contributed by atoms with E-state index in [1.807, 2.05) is 0 Å². The van der Waals surface area contributed by atoms with E-state index in [0.29, 0.717) is 22.1 Å². The van der Waals surface area contributed by atoms with E-state index in [9.17, 15) is 9.18 Å². The van der Waals surface area contributed by atoms with Gasteiger partial charge in [-0.2, -0.15) is 0 Å². The van der Waals surface area contributed by atoms with Crippen molar-refractivity contribution in [1.29, 1.82) is 0 Å². The summed E-state index contributed by atoms with van der Waals surface area (Å²) in [5.41, 5.74) is 0.828. The molecule has 0 aliphatic carbocycles. The van der Waals surface area contributed by atoms with E-state index in [2.05, 4.69) is 0 Å². The van der Waals surface area contributed by atoms with Crippen LogP contribution in [0.5, 0.6) is 0 Å². The van der Waals surface area contributed by atoms with Gasteiger partial charge < -0.3 is 0 Å². The molecule has 0 aromatic heterocycles. The standard InChI is InChI=1S/C9H6ClFOS/c10-6-1-2-7(11)9-5(6)3-13-4-8(9)12/h1-2H,3-4H2. The van der Waals surface area contributed by atoms with E-state index < -0.39 is 5.82 Å². The van der Waals surface area contributed by atoms with Crippen LogP contribution in [-0.2, 0) is 5.75 Å². The highest BCUT2D eigenvalue weighted by Gasteiger charge is 2.23. The second kappa shape index (κ2) is 3.31. The molecule has 0 amide bonds. The molecule has 4 heteroatoms. The van der Waals surface area contributed by atoms with Gasteiger partial charge in [0, 0.05) is 10.8 Å². The first-order chi connectivity index (χ1) is 6.20. The average Bonchev–Trinajstić information content (AvgIpc) is 2.12. The van der Waals surface area contributed by atoms with Crippen molar-refractivity contribution in [2.75, 3.05) is 5.75 Å². The molecule has 0 bridgehead atoms. The molecule has 0 spiro atoms. The average molecular weight is 217 g/mol. The van der Waals surface area contributed by atoms with Crippen molar-refractivity contribution < 1.29 is 9.18 Å². The largest absolute Gasteiger partial charge is 0.293 e. The van der Waals surface area contributed by atoms with E-state index in [4.69, 9.17) is 11.6 Å². The predicted molar refractivity (Wildman–Crippen MR) is 51.9 cm³/mol. The number of hydrogen-bond acceptors (Lipinski definition) is 2. The van der Waals surface area contributed by atoms with Gasteiger partial charge in [0.25, 0.3) is 0 Å². The monoisotopic (exact) mass is 216 g/mol. The Kier molecular flexibility index (Phi) is 2.30. The lowest BCUT2D eigenvalue weighted by atomic mass is 10.0. The molecule has 1 aromatic carbocycles. The van der Waals surface area contributed by atoms with Gasteiger partial charge in [-0.15, -0.1) is 11.8 Å². The maximum absolute atomic E-state index is 13.2. The minimum atomic E-state index is -0.454. The summed E-state index contributed by atoms with van der Waals surface area (Å²) < 4.78 is 13.2. The molecular weight excluding hydrogens is 211 g/mol. The number of carbonyl (C=O) groups is 1. The van der Waals surface area contributed by atoms with Crippen molar-refractivity contribution in [1.82, 2.24) is 0 Å². The minimum absolute atomic E-state index is 0.161. The molecule has 1 aliphatic heterocycles.